The lowest BCUT2D eigenvalue weighted by Crippen LogP contribution is -1.97. The Morgan fingerprint density at radius 2 is 1.42 bits per heavy atom. The third kappa shape index (κ3) is 10.5. The predicted octanol–water partition coefficient (Wildman–Crippen LogP) is 8.40. The summed E-state index contributed by atoms with van der Waals surface area (Å²) in [6, 6.07) is 13.9. The van der Waals surface area contributed by atoms with E-state index in [4.69, 9.17) is 4.74 Å². The molecule has 0 unspecified atom stereocenters. The maximum atomic E-state index is 10.3. The number of rotatable bonds is 16. The van der Waals surface area contributed by atoms with Crippen LogP contribution in [0.1, 0.15) is 95.6 Å². The fourth-order valence-electron chi connectivity index (χ4n) is 3.62. The number of aromatic hydroxyl groups is 1. The van der Waals surface area contributed by atoms with E-state index in [1.807, 2.05) is 24.3 Å². The Balaban J connectivity index is 1.75. The van der Waals surface area contributed by atoms with Gasteiger partial charge in [-0.05, 0) is 49.1 Å². The van der Waals surface area contributed by atoms with Gasteiger partial charge in [-0.25, -0.2) is 0 Å². The van der Waals surface area contributed by atoms with Crippen LogP contribution < -0.4 is 4.74 Å². The zero-order valence-electron chi connectivity index (χ0n) is 19.6. The van der Waals surface area contributed by atoms with Gasteiger partial charge in [0.15, 0.2) is 0 Å². The van der Waals surface area contributed by atoms with E-state index < -0.39 is 0 Å². The molecule has 3 nitrogen and oxygen atoms in total. The second kappa shape index (κ2) is 15.5. The van der Waals surface area contributed by atoms with Crippen LogP contribution in [0.5, 0.6) is 11.5 Å². The van der Waals surface area contributed by atoms with Crippen molar-refractivity contribution in [2.75, 3.05) is 6.61 Å². The van der Waals surface area contributed by atoms with Gasteiger partial charge in [0, 0.05) is 17.8 Å². The molecule has 31 heavy (non-hydrogen) atoms. The van der Waals surface area contributed by atoms with Gasteiger partial charge in [0.2, 0.25) is 0 Å². The number of phenols is 1. The van der Waals surface area contributed by atoms with E-state index in [0.29, 0.717) is 17.9 Å². The number of hydrogen-bond donors (Lipinski definition) is 1. The number of phenolic OH excluding ortho intramolecular Hbond substituents is 1. The molecule has 0 spiro atoms. The smallest absolute Gasteiger partial charge is 0.128 e. The minimum Gasteiger partial charge on any atom is -0.507 e. The van der Waals surface area contributed by atoms with Crippen molar-refractivity contribution in [3.8, 4) is 11.5 Å². The molecule has 0 bridgehead atoms. The van der Waals surface area contributed by atoms with Crippen LogP contribution in [0.15, 0.2) is 47.5 Å². The molecule has 0 atom stereocenters. The maximum absolute atomic E-state index is 10.3. The molecule has 0 saturated carbocycles. The van der Waals surface area contributed by atoms with Crippen molar-refractivity contribution < 1.29 is 9.84 Å². The molecule has 2 aromatic carbocycles. The van der Waals surface area contributed by atoms with Crippen LogP contribution in [0, 0.1) is 0 Å². The second-order valence-corrected chi connectivity index (χ2v) is 8.43. The summed E-state index contributed by atoms with van der Waals surface area (Å²) < 4.78 is 5.77. The van der Waals surface area contributed by atoms with Gasteiger partial charge in [-0.2, -0.15) is 0 Å². The van der Waals surface area contributed by atoms with Crippen LogP contribution in [0.25, 0.3) is 0 Å². The molecule has 1 N–H and O–H groups in total. The predicted molar refractivity (Wildman–Crippen MR) is 133 cm³/mol. The topological polar surface area (TPSA) is 41.8 Å². The van der Waals surface area contributed by atoms with E-state index in [1.165, 1.54) is 69.8 Å². The Bertz CT molecular complexity index is 752. The minimum atomic E-state index is 0.202. The van der Waals surface area contributed by atoms with Gasteiger partial charge in [-0.3, -0.25) is 4.99 Å². The van der Waals surface area contributed by atoms with Gasteiger partial charge in [0.05, 0.1) is 12.3 Å². The molecule has 0 heterocycles. The molecule has 0 radical (unpaired) electrons. The van der Waals surface area contributed by atoms with Crippen molar-refractivity contribution >= 4 is 11.9 Å². The van der Waals surface area contributed by atoms with Crippen molar-refractivity contribution in [3.05, 3.63) is 53.6 Å². The number of hydrogen-bond acceptors (Lipinski definition) is 3. The van der Waals surface area contributed by atoms with Gasteiger partial charge >= 0.3 is 0 Å². The van der Waals surface area contributed by atoms with Crippen molar-refractivity contribution in [2.45, 2.75) is 90.9 Å². The van der Waals surface area contributed by atoms with E-state index in [1.54, 1.807) is 12.3 Å². The second-order valence-electron chi connectivity index (χ2n) is 8.43. The van der Waals surface area contributed by atoms with Crippen LogP contribution >= 0.6 is 0 Å². The number of aliphatic imine (C=N–C) groups is 1. The number of aryl methyl sites for hydroxylation is 1. The summed E-state index contributed by atoms with van der Waals surface area (Å²) in [7, 11) is 0. The van der Waals surface area contributed by atoms with Gasteiger partial charge in [0.1, 0.15) is 11.5 Å². The number of ether oxygens (including phenoxy) is 1. The van der Waals surface area contributed by atoms with Gasteiger partial charge in [-0.15, -0.1) is 0 Å². The number of benzene rings is 2. The average molecular weight is 424 g/mol. The Labute approximate surface area is 189 Å². The maximum Gasteiger partial charge on any atom is 0.128 e. The molecule has 170 valence electrons. The molecule has 2 rings (SSSR count). The Hall–Kier alpha value is -2.29. The van der Waals surface area contributed by atoms with Crippen molar-refractivity contribution in [1.29, 1.82) is 0 Å². The standard InChI is InChI=1S/C28H41NO2/c1-3-5-7-9-11-13-21-31-27-20-17-25(28(30)22-27)23-29-26-18-15-24(16-19-26)14-12-10-8-6-4-2/h15-20,22-23,30H,3-14,21H2,1-2H3. The summed E-state index contributed by atoms with van der Waals surface area (Å²) in [6.45, 7) is 5.18. The summed E-state index contributed by atoms with van der Waals surface area (Å²) in [6.07, 6.45) is 16.8. The molecule has 2 aromatic rings. The fraction of sp³-hybridized carbons (Fsp3) is 0.536. The Kier molecular flexibility index (Phi) is 12.5. The lowest BCUT2D eigenvalue weighted by atomic mass is 10.1. The van der Waals surface area contributed by atoms with Crippen LogP contribution in [0.3, 0.4) is 0 Å². The highest BCUT2D eigenvalue weighted by molar-refractivity contribution is 5.85. The Morgan fingerprint density at radius 3 is 2.10 bits per heavy atom. The summed E-state index contributed by atoms with van der Waals surface area (Å²) in [5, 5.41) is 10.3. The molecular formula is C28H41NO2. The zero-order valence-corrected chi connectivity index (χ0v) is 19.6. The lowest BCUT2D eigenvalue weighted by Gasteiger charge is -2.08. The third-order valence-corrected chi connectivity index (χ3v) is 5.63. The highest BCUT2D eigenvalue weighted by atomic mass is 16.5. The normalized spacial score (nSPS) is 11.3. The highest BCUT2D eigenvalue weighted by Gasteiger charge is 2.02. The molecule has 0 aliphatic rings. The van der Waals surface area contributed by atoms with Gasteiger partial charge in [-0.1, -0.05) is 83.8 Å². The number of unbranched alkanes of at least 4 members (excludes halogenated alkanes) is 9. The molecule has 0 amide bonds. The highest BCUT2D eigenvalue weighted by Crippen LogP contribution is 2.24. The van der Waals surface area contributed by atoms with Crippen LogP contribution in [-0.2, 0) is 6.42 Å². The molecular weight excluding hydrogens is 382 g/mol. The molecule has 0 aliphatic heterocycles. The minimum absolute atomic E-state index is 0.202. The van der Waals surface area contributed by atoms with E-state index >= 15 is 0 Å². The zero-order chi connectivity index (χ0) is 22.2. The first kappa shape index (κ1) is 25.0. The summed E-state index contributed by atoms with van der Waals surface area (Å²) in [5.74, 6) is 0.916. The van der Waals surface area contributed by atoms with Crippen LogP contribution in [-0.4, -0.2) is 17.9 Å². The molecule has 0 aromatic heterocycles. The van der Waals surface area contributed by atoms with E-state index in [0.717, 1.165) is 18.5 Å². The van der Waals surface area contributed by atoms with Crippen molar-refractivity contribution in [1.82, 2.24) is 0 Å². The quantitative estimate of drug-likeness (QED) is 0.217. The third-order valence-electron chi connectivity index (χ3n) is 5.63. The Morgan fingerprint density at radius 1 is 0.774 bits per heavy atom. The van der Waals surface area contributed by atoms with E-state index in [2.05, 4.69) is 31.0 Å². The lowest BCUT2D eigenvalue weighted by molar-refractivity contribution is 0.302. The van der Waals surface area contributed by atoms with Crippen LogP contribution in [0.4, 0.5) is 5.69 Å². The molecule has 0 fully saturated rings. The SMILES string of the molecule is CCCCCCCCOc1ccc(C=Nc2ccc(CCCCCCC)cc2)c(O)c1. The summed E-state index contributed by atoms with van der Waals surface area (Å²) >= 11 is 0. The number of nitrogens with zero attached hydrogens (tertiary/aromatic N) is 1. The van der Waals surface area contributed by atoms with Gasteiger partial charge in [0.25, 0.3) is 0 Å². The van der Waals surface area contributed by atoms with Gasteiger partial charge < -0.3 is 9.84 Å². The average Bonchev–Trinajstić information content (AvgIpc) is 2.78. The summed E-state index contributed by atoms with van der Waals surface area (Å²) in [4.78, 5) is 4.51. The molecule has 0 saturated heterocycles. The summed E-state index contributed by atoms with van der Waals surface area (Å²) in [5.41, 5.74) is 2.97. The van der Waals surface area contributed by atoms with E-state index in [-0.39, 0.29) is 5.75 Å². The van der Waals surface area contributed by atoms with Crippen molar-refractivity contribution in [2.24, 2.45) is 4.99 Å². The first-order valence-electron chi connectivity index (χ1n) is 12.3. The largest absolute Gasteiger partial charge is 0.507 e. The molecule has 0 aliphatic carbocycles. The fourth-order valence-corrected chi connectivity index (χ4v) is 3.62. The van der Waals surface area contributed by atoms with Crippen LogP contribution in [0.2, 0.25) is 0 Å². The first-order valence-corrected chi connectivity index (χ1v) is 12.3. The monoisotopic (exact) mass is 423 g/mol. The molecule has 3 heteroatoms. The van der Waals surface area contributed by atoms with Crippen molar-refractivity contribution in [3.63, 3.8) is 0 Å². The van der Waals surface area contributed by atoms with E-state index in [9.17, 15) is 5.11 Å². The first-order chi connectivity index (χ1) is 15.2.